The van der Waals surface area contributed by atoms with Gasteiger partial charge in [-0.2, -0.15) is 0 Å². The van der Waals surface area contributed by atoms with Crippen LogP contribution in [0.5, 0.6) is 0 Å². The fraction of sp³-hybridized carbons (Fsp3) is 1.00. The molecule has 1 saturated heterocycles. The fourth-order valence-electron chi connectivity index (χ4n) is 4.28. The summed E-state index contributed by atoms with van der Waals surface area (Å²) in [6.45, 7) is 11.1. The van der Waals surface area contributed by atoms with Gasteiger partial charge in [0.05, 0.1) is 0 Å². The number of hydrogen-bond donors (Lipinski definition) is 1. The molecule has 1 aliphatic carbocycles. The quantitative estimate of drug-likeness (QED) is 0.839. The van der Waals surface area contributed by atoms with Crippen LogP contribution in [0.1, 0.15) is 52.9 Å². The SMILES string of the molecule is CC1CCC(C(C)C)C(N(C)CC2CCCNC2)C1. The maximum atomic E-state index is 3.56. The summed E-state index contributed by atoms with van der Waals surface area (Å²) >= 11 is 0. The molecule has 0 bridgehead atoms. The van der Waals surface area contributed by atoms with Crippen molar-refractivity contribution in [3.8, 4) is 0 Å². The second-order valence-corrected chi connectivity index (χ2v) is 7.55. The lowest BCUT2D eigenvalue weighted by Crippen LogP contribution is -2.47. The summed E-state index contributed by atoms with van der Waals surface area (Å²) in [4.78, 5) is 2.71. The van der Waals surface area contributed by atoms with Crippen LogP contribution in [0.15, 0.2) is 0 Å². The first-order chi connectivity index (χ1) is 9.08. The molecule has 1 N–H and O–H groups in total. The van der Waals surface area contributed by atoms with Gasteiger partial charge in [-0.3, -0.25) is 0 Å². The molecule has 1 heterocycles. The molecule has 0 radical (unpaired) electrons. The summed E-state index contributed by atoms with van der Waals surface area (Å²) in [7, 11) is 2.38. The molecule has 4 unspecified atom stereocenters. The molecule has 0 aromatic carbocycles. The minimum atomic E-state index is 0.825. The zero-order valence-electron chi connectivity index (χ0n) is 13.5. The van der Waals surface area contributed by atoms with E-state index in [-0.39, 0.29) is 0 Å². The van der Waals surface area contributed by atoms with Gasteiger partial charge in [0.2, 0.25) is 0 Å². The van der Waals surface area contributed by atoms with E-state index in [1.165, 1.54) is 51.7 Å². The molecule has 4 atom stereocenters. The Morgan fingerprint density at radius 2 is 2.00 bits per heavy atom. The van der Waals surface area contributed by atoms with E-state index < -0.39 is 0 Å². The Balaban J connectivity index is 1.91. The molecule has 0 spiro atoms. The Morgan fingerprint density at radius 3 is 2.63 bits per heavy atom. The van der Waals surface area contributed by atoms with Gasteiger partial charge in [0, 0.05) is 12.6 Å². The average molecular weight is 266 g/mol. The Morgan fingerprint density at radius 1 is 1.21 bits per heavy atom. The Bertz CT molecular complexity index is 258. The van der Waals surface area contributed by atoms with Crippen LogP contribution < -0.4 is 5.32 Å². The average Bonchev–Trinajstić information content (AvgIpc) is 2.39. The van der Waals surface area contributed by atoms with Crippen LogP contribution in [0.2, 0.25) is 0 Å². The van der Waals surface area contributed by atoms with E-state index in [4.69, 9.17) is 0 Å². The monoisotopic (exact) mass is 266 g/mol. The van der Waals surface area contributed by atoms with Gasteiger partial charge in [0.1, 0.15) is 0 Å². The smallest absolute Gasteiger partial charge is 0.0126 e. The molecule has 2 fully saturated rings. The molecule has 112 valence electrons. The second-order valence-electron chi connectivity index (χ2n) is 7.55. The molecule has 2 heteroatoms. The molecule has 2 nitrogen and oxygen atoms in total. The molecule has 2 rings (SSSR count). The Hall–Kier alpha value is -0.0800. The summed E-state index contributed by atoms with van der Waals surface area (Å²) in [5, 5.41) is 3.56. The van der Waals surface area contributed by atoms with Gasteiger partial charge in [-0.1, -0.05) is 27.2 Å². The van der Waals surface area contributed by atoms with Crippen LogP contribution in [-0.2, 0) is 0 Å². The number of nitrogens with one attached hydrogen (secondary N) is 1. The number of nitrogens with zero attached hydrogens (tertiary/aromatic N) is 1. The summed E-state index contributed by atoms with van der Waals surface area (Å²) in [6.07, 6.45) is 7.09. The van der Waals surface area contributed by atoms with Gasteiger partial charge in [-0.05, 0) is 69.5 Å². The van der Waals surface area contributed by atoms with Crippen molar-refractivity contribution in [3.05, 3.63) is 0 Å². The van der Waals surface area contributed by atoms with Crippen LogP contribution >= 0.6 is 0 Å². The number of rotatable bonds is 4. The van der Waals surface area contributed by atoms with Gasteiger partial charge in [0.15, 0.2) is 0 Å². The van der Waals surface area contributed by atoms with E-state index >= 15 is 0 Å². The van der Waals surface area contributed by atoms with Crippen molar-refractivity contribution in [1.29, 1.82) is 0 Å². The maximum absolute atomic E-state index is 3.56. The highest BCUT2D eigenvalue weighted by atomic mass is 15.1. The van der Waals surface area contributed by atoms with Gasteiger partial charge >= 0.3 is 0 Å². The third-order valence-electron chi connectivity index (χ3n) is 5.50. The van der Waals surface area contributed by atoms with Crippen molar-refractivity contribution in [2.24, 2.45) is 23.7 Å². The fourth-order valence-corrected chi connectivity index (χ4v) is 4.28. The van der Waals surface area contributed by atoms with E-state index in [0.29, 0.717) is 0 Å². The minimum Gasteiger partial charge on any atom is -0.316 e. The minimum absolute atomic E-state index is 0.825. The van der Waals surface area contributed by atoms with Gasteiger partial charge in [-0.25, -0.2) is 0 Å². The molecule has 0 aromatic heterocycles. The van der Waals surface area contributed by atoms with E-state index in [0.717, 1.165) is 29.7 Å². The molecule has 1 aliphatic heterocycles. The third kappa shape index (κ3) is 4.19. The lowest BCUT2D eigenvalue weighted by atomic mass is 9.73. The number of hydrogen-bond acceptors (Lipinski definition) is 2. The van der Waals surface area contributed by atoms with Crippen molar-refractivity contribution < 1.29 is 0 Å². The van der Waals surface area contributed by atoms with Gasteiger partial charge < -0.3 is 10.2 Å². The number of piperidine rings is 1. The molecular weight excluding hydrogens is 232 g/mol. The maximum Gasteiger partial charge on any atom is 0.0126 e. The lowest BCUT2D eigenvalue weighted by Gasteiger charge is -2.43. The first kappa shape index (κ1) is 15.3. The van der Waals surface area contributed by atoms with E-state index in [1.807, 2.05) is 0 Å². The normalized spacial score (nSPS) is 36.9. The molecule has 19 heavy (non-hydrogen) atoms. The molecule has 1 saturated carbocycles. The topological polar surface area (TPSA) is 15.3 Å². The highest BCUT2D eigenvalue weighted by Gasteiger charge is 2.33. The zero-order chi connectivity index (χ0) is 13.8. The van der Waals surface area contributed by atoms with Crippen molar-refractivity contribution in [3.63, 3.8) is 0 Å². The predicted octanol–water partition coefficient (Wildman–Crippen LogP) is 3.38. The molecule has 0 amide bonds. The largest absolute Gasteiger partial charge is 0.316 e. The van der Waals surface area contributed by atoms with Crippen molar-refractivity contribution >= 4 is 0 Å². The second kappa shape index (κ2) is 7.08. The van der Waals surface area contributed by atoms with Gasteiger partial charge in [0.25, 0.3) is 0 Å². The molecular formula is C17H34N2. The van der Waals surface area contributed by atoms with E-state index in [2.05, 4.69) is 38.0 Å². The summed E-state index contributed by atoms with van der Waals surface area (Å²) in [5.41, 5.74) is 0. The van der Waals surface area contributed by atoms with Gasteiger partial charge in [-0.15, -0.1) is 0 Å². The lowest BCUT2D eigenvalue weighted by molar-refractivity contribution is 0.0640. The molecule has 2 aliphatic rings. The molecule has 0 aromatic rings. The van der Waals surface area contributed by atoms with Crippen molar-refractivity contribution in [2.45, 2.75) is 58.9 Å². The summed E-state index contributed by atoms with van der Waals surface area (Å²) < 4.78 is 0. The highest BCUT2D eigenvalue weighted by Crippen LogP contribution is 2.36. The summed E-state index contributed by atoms with van der Waals surface area (Å²) in [5.74, 6) is 3.55. The first-order valence-electron chi connectivity index (χ1n) is 8.49. The van der Waals surface area contributed by atoms with Crippen LogP contribution in [-0.4, -0.2) is 37.6 Å². The highest BCUT2D eigenvalue weighted by molar-refractivity contribution is 4.87. The first-order valence-corrected chi connectivity index (χ1v) is 8.49. The summed E-state index contributed by atoms with van der Waals surface area (Å²) in [6, 6.07) is 0.825. The van der Waals surface area contributed by atoms with Crippen LogP contribution in [0.25, 0.3) is 0 Å². The van der Waals surface area contributed by atoms with E-state index in [9.17, 15) is 0 Å². The third-order valence-corrected chi connectivity index (χ3v) is 5.50. The van der Waals surface area contributed by atoms with Crippen LogP contribution in [0.3, 0.4) is 0 Å². The Labute approximate surface area is 120 Å². The zero-order valence-corrected chi connectivity index (χ0v) is 13.5. The standard InChI is InChI=1S/C17H34N2/c1-13(2)16-8-7-14(3)10-17(16)19(4)12-15-6-5-9-18-11-15/h13-18H,5-12H2,1-4H3. The Kier molecular flexibility index (Phi) is 5.70. The van der Waals surface area contributed by atoms with Crippen LogP contribution in [0, 0.1) is 23.7 Å². The van der Waals surface area contributed by atoms with E-state index in [1.54, 1.807) is 0 Å². The van der Waals surface area contributed by atoms with Crippen LogP contribution in [0.4, 0.5) is 0 Å². The predicted molar refractivity (Wildman–Crippen MR) is 83.4 cm³/mol. The van der Waals surface area contributed by atoms with Crippen molar-refractivity contribution in [1.82, 2.24) is 10.2 Å². The van der Waals surface area contributed by atoms with Crippen molar-refractivity contribution in [2.75, 3.05) is 26.7 Å².